The lowest BCUT2D eigenvalue weighted by molar-refractivity contribution is -0.161. The predicted octanol–water partition coefficient (Wildman–Crippen LogP) is 10.6. The van der Waals surface area contributed by atoms with E-state index in [1.165, 1.54) is 103 Å². The lowest BCUT2D eigenvalue weighted by Crippen LogP contribution is -2.29. The highest BCUT2D eigenvalue weighted by Gasteiger charge is 2.27. The second-order valence-electron chi connectivity index (χ2n) is 14.0. The van der Waals surface area contributed by atoms with E-state index < -0.39 is 51.8 Å². The Morgan fingerprint density at radius 2 is 1.00 bits per heavy atom. The maximum absolute atomic E-state index is 12.6. The zero-order chi connectivity index (χ0) is 38.4. The molecule has 0 fully saturated rings. The first kappa shape index (κ1) is 50.5. The molecule has 306 valence electrons. The number of esters is 2. The quantitative estimate of drug-likeness (QED) is 0.0239. The van der Waals surface area contributed by atoms with E-state index in [0.717, 1.165) is 44.9 Å². The number of aliphatic hydroxyl groups is 2. The molecule has 0 aromatic heterocycles. The Morgan fingerprint density at radius 1 is 0.577 bits per heavy atom. The van der Waals surface area contributed by atoms with Crippen molar-refractivity contribution in [2.75, 3.05) is 26.4 Å². The van der Waals surface area contributed by atoms with Crippen molar-refractivity contribution in [2.45, 2.75) is 199 Å². The maximum atomic E-state index is 12.6. The summed E-state index contributed by atoms with van der Waals surface area (Å²) in [5, 5.41) is 18.3. The van der Waals surface area contributed by atoms with Gasteiger partial charge in [-0.3, -0.25) is 18.6 Å². The third kappa shape index (κ3) is 36.8. The molecular formula is C41H77O10P. The Bertz CT molecular complexity index is 925. The summed E-state index contributed by atoms with van der Waals surface area (Å²) in [6, 6.07) is 0. The fraction of sp³-hybridized carbons (Fsp3) is 0.854. The van der Waals surface area contributed by atoms with Gasteiger partial charge < -0.3 is 24.6 Å². The molecule has 0 saturated carbocycles. The first-order chi connectivity index (χ1) is 25.2. The normalized spacial score (nSPS) is 14.2. The zero-order valence-electron chi connectivity index (χ0n) is 33.0. The topological polar surface area (TPSA) is 149 Å². The molecule has 0 saturated heterocycles. The number of unbranched alkanes of at least 4 members (excludes halogenated alkanes) is 21. The highest BCUT2D eigenvalue weighted by molar-refractivity contribution is 7.47. The Balaban J connectivity index is 4.36. The van der Waals surface area contributed by atoms with Crippen LogP contribution >= 0.6 is 7.82 Å². The lowest BCUT2D eigenvalue weighted by Gasteiger charge is -2.20. The number of hydrogen-bond acceptors (Lipinski definition) is 9. The third-order valence-electron chi connectivity index (χ3n) is 8.86. The molecule has 0 amide bonds. The number of hydrogen-bond donors (Lipinski definition) is 3. The highest BCUT2D eigenvalue weighted by atomic mass is 31.2. The van der Waals surface area contributed by atoms with Gasteiger partial charge in [-0.05, 0) is 44.9 Å². The van der Waals surface area contributed by atoms with Gasteiger partial charge in [-0.1, -0.05) is 154 Å². The highest BCUT2D eigenvalue weighted by Crippen LogP contribution is 2.43. The van der Waals surface area contributed by atoms with Gasteiger partial charge in [-0.2, -0.15) is 0 Å². The summed E-state index contributed by atoms with van der Waals surface area (Å²) in [5.41, 5.74) is 0. The number of aliphatic hydroxyl groups excluding tert-OH is 2. The van der Waals surface area contributed by atoms with Crippen molar-refractivity contribution in [1.29, 1.82) is 0 Å². The molecule has 0 aromatic rings. The minimum Gasteiger partial charge on any atom is -0.462 e. The number of phosphoric acid groups is 1. The van der Waals surface area contributed by atoms with Gasteiger partial charge in [-0.25, -0.2) is 4.57 Å². The lowest BCUT2D eigenvalue weighted by atomic mass is 10.0. The van der Waals surface area contributed by atoms with Crippen LogP contribution in [0.3, 0.4) is 0 Å². The summed E-state index contributed by atoms with van der Waals surface area (Å²) < 4.78 is 32.6. The second-order valence-corrected chi connectivity index (χ2v) is 15.5. The van der Waals surface area contributed by atoms with E-state index in [9.17, 15) is 24.2 Å². The van der Waals surface area contributed by atoms with Gasteiger partial charge in [0.25, 0.3) is 0 Å². The number of ether oxygens (including phenoxy) is 2. The summed E-state index contributed by atoms with van der Waals surface area (Å²) in [4.78, 5) is 34.9. The van der Waals surface area contributed by atoms with Gasteiger partial charge in [0.1, 0.15) is 12.7 Å². The molecule has 11 heteroatoms. The second kappa shape index (κ2) is 37.8. The molecule has 0 bridgehead atoms. The van der Waals surface area contributed by atoms with Crippen molar-refractivity contribution in [2.24, 2.45) is 0 Å². The standard InChI is InChI=1S/C41H77O10P/c1-3-5-7-9-11-13-15-17-19-21-23-25-27-29-31-33-41(45)51-39(37-50-52(46,47)49-35-38(43)34-42)36-48-40(44)32-30-28-26-24-22-20-18-16-14-12-10-8-6-4-2/h17,19,23,25,38-39,42-43H,3-16,18,20-22,24,26-37H2,1-2H3,(H,46,47)/b19-17+,25-23+/t38-,39+/m0/s1. The van der Waals surface area contributed by atoms with E-state index in [-0.39, 0.29) is 19.4 Å². The van der Waals surface area contributed by atoms with Crippen molar-refractivity contribution in [3.8, 4) is 0 Å². The average Bonchev–Trinajstić information content (AvgIpc) is 3.13. The van der Waals surface area contributed by atoms with Crippen molar-refractivity contribution in [1.82, 2.24) is 0 Å². The van der Waals surface area contributed by atoms with E-state index in [2.05, 4.69) is 42.7 Å². The molecule has 0 radical (unpaired) electrons. The first-order valence-electron chi connectivity index (χ1n) is 20.8. The predicted molar refractivity (Wildman–Crippen MR) is 210 cm³/mol. The molecule has 3 N–H and O–H groups in total. The van der Waals surface area contributed by atoms with Gasteiger partial charge in [0.05, 0.1) is 19.8 Å². The fourth-order valence-corrected chi connectivity index (χ4v) is 6.40. The molecule has 0 aliphatic rings. The molecule has 0 aliphatic heterocycles. The fourth-order valence-electron chi connectivity index (χ4n) is 5.61. The van der Waals surface area contributed by atoms with Crippen LogP contribution < -0.4 is 0 Å². The summed E-state index contributed by atoms with van der Waals surface area (Å²) in [6.45, 7) is 2.34. The van der Waals surface area contributed by atoms with Gasteiger partial charge in [0, 0.05) is 12.8 Å². The third-order valence-corrected chi connectivity index (χ3v) is 9.81. The van der Waals surface area contributed by atoms with Crippen LogP contribution in [-0.4, -0.2) is 65.7 Å². The molecule has 3 atom stereocenters. The van der Waals surface area contributed by atoms with Crippen molar-refractivity contribution in [3.63, 3.8) is 0 Å². The largest absolute Gasteiger partial charge is 0.472 e. The van der Waals surface area contributed by atoms with Crippen LogP contribution in [-0.2, 0) is 32.7 Å². The molecule has 10 nitrogen and oxygen atoms in total. The van der Waals surface area contributed by atoms with Gasteiger partial charge in [0.2, 0.25) is 0 Å². The summed E-state index contributed by atoms with van der Waals surface area (Å²) in [6.07, 6.45) is 35.7. The van der Waals surface area contributed by atoms with Crippen LogP contribution in [0.15, 0.2) is 24.3 Å². The molecule has 52 heavy (non-hydrogen) atoms. The summed E-state index contributed by atoms with van der Waals surface area (Å²) in [7, 11) is -4.62. The molecule has 1 unspecified atom stereocenters. The van der Waals surface area contributed by atoms with E-state index in [1.807, 2.05) is 0 Å². The Kier molecular flexibility index (Phi) is 36.6. The minimum atomic E-state index is -4.62. The van der Waals surface area contributed by atoms with Crippen LogP contribution in [0.4, 0.5) is 0 Å². The Hall–Kier alpha value is -1.55. The maximum Gasteiger partial charge on any atom is 0.472 e. The van der Waals surface area contributed by atoms with Crippen LogP contribution in [0.2, 0.25) is 0 Å². The summed E-state index contributed by atoms with van der Waals surface area (Å²) >= 11 is 0. The molecule has 0 rings (SSSR count). The molecule has 0 heterocycles. The number of allylic oxidation sites excluding steroid dienone is 4. The summed E-state index contributed by atoms with van der Waals surface area (Å²) in [5.74, 6) is -0.957. The molecule has 0 spiro atoms. The smallest absolute Gasteiger partial charge is 0.462 e. The monoisotopic (exact) mass is 761 g/mol. The Labute approximate surface area is 317 Å². The van der Waals surface area contributed by atoms with E-state index in [4.69, 9.17) is 19.1 Å². The number of phosphoric ester groups is 1. The Morgan fingerprint density at radius 3 is 1.52 bits per heavy atom. The van der Waals surface area contributed by atoms with E-state index in [0.29, 0.717) is 12.8 Å². The van der Waals surface area contributed by atoms with Crippen LogP contribution in [0, 0.1) is 0 Å². The SMILES string of the molecule is CCCCCCCC/C=C/C/C=C/CCCCC(=O)O[C@H](COC(=O)CCCCCCCCCCCCCCCC)COP(=O)(O)OC[C@@H](O)CO. The number of carbonyl (C=O) groups excluding carboxylic acids is 2. The van der Waals surface area contributed by atoms with Crippen LogP contribution in [0.1, 0.15) is 187 Å². The molecular weight excluding hydrogens is 683 g/mol. The van der Waals surface area contributed by atoms with Gasteiger partial charge in [0.15, 0.2) is 6.10 Å². The number of rotatable bonds is 39. The number of carbonyl (C=O) groups is 2. The average molecular weight is 761 g/mol. The van der Waals surface area contributed by atoms with Crippen molar-refractivity contribution in [3.05, 3.63) is 24.3 Å². The van der Waals surface area contributed by atoms with Crippen LogP contribution in [0.25, 0.3) is 0 Å². The van der Waals surface area contributed by atoms with Gasteiger partial charge in [-0.15, -0.1) is 0 Å². The first-order valence-corrected chi connectivity index (χ1v) is 22.3. The van der Waals surface area contributed by atoms with Crippen molar-refractivity contribution < 1.29 is 47.8 Å². The zero-order valence-corrected chi connectivity index (χ0v) is 33.9. The minimum absolute atomic E-state index is 0.144. The molecule has 0 aromatic carbocycles. The van der Waals surface area contributed by atoms with E-state index in [1.54, 1.807) is 0 Å². The van der Waals surface area contributed by atoms with Gasteiger partial charge >= 0.3 is 19.8 Å². The molecule has 0 aliphatic carbocycles. The van der Waals surface area contributed by atoms with Crippen LogP contribution in [0.5, 0.6) is 0 Å². The van der Waals surface area contributed by atoms with E-state index >= 15 is 0 Å². The van der Waals surface area contributed by atoms with Crippen molar-refractivity contribution >= 4 is 19.8 Å².